The third-order valence-electron chi connectivity index (χ3n) is 3.22. The van der Waals surface area contributed by atoms with E-state index in [9.17, 15) is 26.3 Å². The molecule has 0 saturated carbocycles. The zero-order valence-corrected chi connectivity index (χ0v) is 13.1. The molecule has 0 fully saturated rings. The lowest BCUT2D eigenvalue weighted by atomic mass is 10.0. The molecule has 0 aliphatic heterocycles. The molecule has 0 aliphatic carbocycles. The Hall–Kier alpha value is -1.98. The van der Waals surface area contributed by atoms with E-state index in [1.807, 2.05) is 0 Å². The Morgan fingerprint density at radius 2 is 0.957 bits per heavy atom. The number of hydrogen-bond acceptors (Lipinski definition) is 0. The smallest absolute Gasteiger partial charge is 0.207 e. The molecule has 0 N–H and O–H groups in total. The molecular formula is C17H16F6. The van der Waals surface area contributed by atoms with Gasteiger partial charge in [0.25, 0.3) is 0 Å². The summed E-state index contributed by atoms with van der Waals surface area (Å²) in [6.07, 6.45) is -4.48. The van der Waals surface area contributed by atoms with Crippen molar-refractivity contribution in [3.8, 4) is 0 Å². The largest absolute Gasteiger partial charge is 0.416 e. The first-order valence-electron chi connectivity index (χ1n) is 6.69. The van der Waals surface area contributed by atoms with E-state index in [4.69, 9.17) is 0 Å². The van der Waals surface area contributed by atoms with Crippen LogP contribution in [0.3, 0.4) is 0 Å². The summed E-state index contributed by atoms with van der Waals surface area (Å²) in [7, 11) is 0. The van der Waals surface area contributed by atoms with Crippen LogP contribution in [0.1, 0.15) is 27.8 Å². The SMILES string of the molecule is Cc1cc(F)c(C)c(C(F)(F)F)c1.Cc1cc(F)c(C)c(F)c1. The summed E-state index contributed by atoms with van der Waals surface area (Å²) < 4.78 is 74.8. The third kappa shape index (κ3) is 5.01. The number of hydrogen-bond donors (Lipinski definition) is 0. The van der Waals surface area contributed by atoms with Crippen LogP contribution < -0.4 is 0 Å². The highest BCUT2D eigenvalue weighted by atomic mass is 19.4. The van der Waals surface area contributed by atoms with Gasteiger partial charge in [-0.1, -0.05) is 0 Å². The Morgan fingerprint density at radius 3 is 1.35 bits per heavy atom. The number of halogens is 6. The maximum Gasteiger partial charge on any atom is 0.416 e. The quantitative estimate of drug-likeness (QED) is 0.515. The molecule has 0 aromatic heterocycles. The maximum absolute atomic E-state index is 12.9. The van der Waals surface area contributed by atoms with Crippen molar-refractivity contribution in [1.82, 2.24) is 0 Å². The molecule has 2 rings (SSSR count). The summed E-state index contributed by atoms with van der Waals surface area (Å²) in [5.41, 5.74) is -0.273. The number of benzene rings is 2. The Bertz CT molecular complexity index is 678. The standard InChI is InChI=1S/C9H8F4.C8H8F2/c1-5-3-7(9(11,12)13)6(2)8(10)4-5;1-5-3-7(9)6(2)8(10)4-5/h3-4H,1-2H3;3-4H,1-2H3. The van der Waals surface area contributed by atoms with Crippen LogP contribution in [-0.2, 0) is 6.18 Å². The summed E-state index contributed by atoms with van der Waals surface area (Å²) in [6.45, 7) is 5.63. The van der Waals surface area contributed by atoms with Crippen LogP contribution in [0.5, 0.6) is 0 Å². The molecule has 23 heavy (non-hydrogen) atoms. The Labute approximate surface area is 130 Å². The zero-order chi connectivity index (χ0) is 17.9. The number of rotatable bonds is 0. The molecular weight excluding hydrogens is 318 g/mol. The summed E-state index contributed by atoms with van der Waals surface area (Å²) >= 11 is 0. The van der Waals surface area contributed by atoms with Gasteiger partial charge in [-0.2, -0.15) is 13.2 Å². The van der Waals surface area contributed by atoms with Crippen LogP contribution >= 0.6 is 0 Å². The average molecular weight is 334 g/mol. The van der Waals surface area contributed by atoms with E-state index in [1.54, 1.807) is 6.92 Å². The van der Waals surface area contributed by atoms with Crippen LogP contribution in [0, 0.1) is 45.1 Å². The molecule has 0 spiro atoms. The Kier molecular flexibility index (Phi) is 5.86. The highest BCUT2D eigenvalue weighted by molar-refractivity contribution is 5.33. The first-order valence-corrected chi connectivity index (χ1v) is 6.69. The van der Waals surface area contributed by atoms with Crippen LogP contribution in [-0.4, -0.2) is 0 Å². The van der Waals surface area contributed by atoms with Gasteiger partial charge in [0.1, 0.15) is 17.5 Å². The van der Waals surface area contributed by atoms with Gasteiger partial charge >= 0.3 is 6.18 Å². The Morgan fingerprint density at radius 1 is 0.609 bits per heavy atom. The van der Waals surface area contributed by atoms with Gasteiger partial charge in [-0.15, -0.1) is 0 Å². The van der Waals surface area contributed by atoms with Crippen molar-refractivity contribution in [3.63, 3.8) is 0 Å². The lowest BCUT2D eigenvalue weighted by Gasteiger charge is -2.11. The van der Waals surface area contributed by atoms with Gasteiger partial charge in [-0.3, -0.25) is 0 Å². The molecule has 0 aliphatic rings. The molecule has 0 bridgehead atoms. The van der Waals surface area contributed by atoms with E-state index in [2.05, 4.69) is 0 Å². The maximum atomic E-state index is 12.9. The molecule has 0 radical (unpaired) electrons. The second-order valence-corrected chi connectivity index (χ2v) is 5.27. The molecule has 0 unspecified atom stereocenters. The minimum absolute atomic E-state index is 0.0885. The lowest BCUT2D eigenvalue weighted by Crippen LogP contribution is -2.09. The third-order valence-corrected chi connectivity index (χ3v) is 3.22. The van der Waals surface area contributed by atoms with Gasteiger partial charge in [0.05, 0.1) is 5.56 Å². The van der Waals surface area contributed by atoms with Crippen molar-refractivity contribution >= 4 is 0 Å². The van der Waals surface area contributed by atoms with Gasteiger partial charge in [0.2, 0.25) is 0 Å². The van der Waals surface area contributed by atoms with E-state index in [0.717, 1.165) is 19.1 Å². The molecule has 2 aromatic rings. The molecule has 0 heterocycles. The van der Waals surface area contributed by atoms with Gasteiger partial charge < -0.3 is 0 Å². The van der Waals surface area contributed by atoms with Gasteiger partial charge in [0.15, 0.2) is 0 Å². The van der Waals surface area contributed by atoms with E-state index in [-0.39, 0.29) is 16.7 Å². The van der Waals surface area contributed by atoms with Crippen LogP contribution in [0.4, 0.5) is 26.3 Å². The fraction of sp³-hybridized carbons (Fsp3) is 0.294. The topological polar surface area (TPSA) is 0 Å². The molecule has 0 amide bonds. The van der Waals surface area contributed by atoms with Crippen molar-refractivity contribution < 1.29 is 26.3 Å². The molecule has 0 nitrogen and oxygen atoms in total. The fourth-order valence-electron chi connectivity index (χ4n) is 1.88. The molecule has 6 heteroatoms. The average Bonchev–Trinajstić information content (AvgIpc) is 2.39. The van der Waals surface area contributed by atoms with Crippen molar-refractivity contribution in [1.29, 1.82) is 0 Å². The second-order valence-electron chi connectivity index (χ2n) is 5.27. The van der Waals surface area contributed by atoms with Crippen LogP contribution in [0.15, 0.2) is 24.3 Å². The summed E-state index contributed by atoms with van der Waals surface area (Å²) in [6, 6.07) is 4.67. The first kappa shape index (κ1) is 19.1. The van der Waals surface area contributed by atoms with Crippen molar-refractivity contribution in [2.24, 2.45) is 0 Å². The number of alkyl halides is 3. The van der Waals surface area contributed by atoms with Crippen LogP contribution in [0.2, 0.25) is 0 Å². The Balaban J connectivity index is 0.000000238. The number of aryl methyl sites for hydroxylation is 2. The fourth-order valence-corrected chi connectivity index (χ4v) is 1.88. The minimum atomic E-state index is -4.48. The van der Waals surface area contributed by atoms with E-state index in [0.29, 0.717) is 5.56 Å². The second kappa shape index (κ2) is 7.06. The first-order chi connectivity index (χ1) is 10.4. The van der Waals surface area contributed by atoms with Crippen molar-refractivity contribution in [2.45, 2.75) is 33.9 Å². The van der Waals surface area contributed by atoms with Gasteiger partial charge in [-0.25, -0.2) is 13.2 Å². The summed E-state index contributed by atoms with van der Waals surface area (Å²) in [4.78, 5) is 0. The summed E-state index contributed by atoms with van der Waals surface area (Å²) in [5.74, 6) is -1.76. The van der Waals surface area contributed by atoms with Crippen molar-refractivity contribution in [3.05, 3.63) is 69.5 Å². The van der Waals surface area contributed by atoms with Gasteiger partial charge in [-0.05, 0) is 68.7 Å². The van der Waals surface area contributed by atoms with Gasteiger partial charge in [0, 0.05) is 5.56 Å². The van der Waals surface area contributed by atoms with E-state index < -0.39 is 29.2 Å². The monoisotopic (exact) mass is 334 g/mol. The molecule has 0 saturated heterocycles. The van der Waals surface area contributed by atoms with Crippen LogP contribution in [0.25, 0.3) is 0 Å². The van der Waals surface area contributed by atoms with Crippen molar-refractivity contribution in [2.75, 3.05) is 0 Å². The molecule has 126 valence electrons. The predicted octanol–water partition coefficient (Wildman–Crippen LogP) is 6.04. The van der Waals surface area contributed by atoms with E-state index in [1.165, 1.54) is 26.0 Å². The normalized spacial score (nSPS) is 11.0. The lowest BCUT2D eigenvalue weighted by molar-refractivity contribution is -0.138. The predicted molar refractivity (Wildman–Crippen MR) is 76.7 cm³/mol. The van der Waals surface area contributed by atoms with E-state index >= 15 is 0 Å². The summed E-state index contributed by atoms with van der Waals surface area (Å²) in [5, 5.41) is 0. The molecule has 0 atom stereocenters. The highest BCUT2D eigenvalue weighted by Crippen LogP contribution is 2.33. The minimum Gasteiger partial charge on any atom is -0.207 e. The highest BCUT2D eigenvalue weighted by Gasteiger charge is 2.33. The molecule has 2 aromatic carbocycles. The zero-order valence-electron chi connectivity index (χ0n) is 13.1.